The first kappa shape index (κ1) is 22.2. The van der Waals surface area contributed by atoms with Crippen molar-refractivity contribution in [3.8, 4) is 0 Å². The molecule has 0 radical (unpaired) electrons. The minimum Gasteiger partial charge on any atom is -0.379 e. The van der Waals surface area contributed by atoms with E-state index in [4.69, 9.17) is 4.74 Å². The van der Waals surface area contributed by atoms with Crippen LogP contribution in [0.4, 0.5) is 11.4 Å². The number of nitro groups is 1. The Bertz CT molecular complexity index is 1100. The predicted octanol–water partition coefficient (Wildman–Crippen LogP) is 1.85. The SMILES string of the molecule is O=C(NS(=O)(=O)c1ccc(NCC2CCN(C3COC3)C2)c([N+](=O)[O-])c1)c1ccccc1. The van der Waals surface area contributed by atoms with E-state index in [1.807, 2.05) is 4.72 Å². The number of carbonyl (C=O) groups excluding carboxylic acids is 1. The average molecular weight is 461 g/mol. The fourth-order valence-corrected chi connectivity index (χ4v) is 4.85. The van der Waals surface area contributed by atoms with Crippen LogP contribution in [0.3, 0.4) is 0 Å². The Morgan fingerprint density at radius 1 is 1.19 bits per heavy atom. The van der Waals surface area contributed by atoms with E-state index >= 15 is 0 Å². The lowest BCUT2D eigenvalue weighted by atomic mass is 10.1. The van der Waals surface area contributed by atoms with Gasteiger partial charge in [0.1, 0.15) is 5.69 Å². The van der Waals surface area contributed by atoms with Crippen molar-refractivity contribution in [2.45, 2.75) is 17.4 Å². The van der Waals surface area contributed by atoms with E-state index in [1.165, 1.54) is 24.3 Å². The number of ether oxygens (including phenoxy) is 1. The molecule has 1 atom stereocenters. The molecule has 1 unspecified atom stereocenters. The van der Waals surface area contributed by atoms with Crippen molar-refractivity contribution >= 4 is 27.3 Å². The minimum atomic E-state index is -4.27. The van der Waals surface area contributed by atoms with Gasteiger partial charge in [-0.25, -0.2) is 13.1 Å². The van der Waals surface area contributed by atoms with Gasteiger partial charge in [-0.3, -0.25) is 19.8 Å². The number of nitrogens with one attached hydrogen (secondary N) is 2. The highest BCUT2D eigenvalue weighted by molar-refractivity contribution is 7.90. The largest absolute Gasteiger partial charge is 0.379 e. The van der Waals surface area contributed by atoms with Gasteiger partial charge in [-0.2, -0.15) is 0 Å². The Hall–Kier alpha value is -3.02. The molecule has 2 saturated heterocycles. The summed E-state index contributed by atoms with van der Waals surface area (Å²) in [5.41, 5.74) is 0.0546. The lowest BCUT2D eigenvalue weighted by molar-refractivity contribution is -0.384. The van der Waals surface area contributed by atoms with Gasteiger partial charge in [0.05, 0.1) is 29.1 Å². The third-order valence-corrected chi connectivity index (χ3v) is 7.10. The van der Waals surface area contributed by atoms with Crippen LogP contribution in [0, 0.1) is 16.0 Å². The van der Waals surface area contributed by atoms with Gasteiger partial charge in [-0.05, 0) is 43.1 Å². The number of rotatable bonds is 8. The monoisotopic (exact) mass is 460 g/mol. The summed E-state index contributed by atoms with van der Waals surface area (Å²) in [5, 5.41) is 14.7. The molecular weight excluding hydrogens is 436 g/mol. The Morgan fingerprint density at radius 3 is 2.59 bits per heavy atom. The van der Waals surface area contributed by atoms with E-state index in [-0.39, 0.29) is 21.8 Å². The number of anilines is 1. The van der Waals surface area contributed by atoms with Crippen LogP contribution in [-0.2, 0) is 14.8 Å². The molecule has 2 fully saturated rings. The maximum absolute atomic E-state index is 12.6. The summed E-state index contributed by atoms with van der Waals surface area (Å²) in [6.07, 6.45) is 0.981. The van der Waals surface area contributed by atoms with Gasteiger partial charge < -0.3 is 10.1 Å². The quantitative estimate of drug-likeness (QED) is 0.451. The molecule has 4 rings (SSSR count). The van der Waals surface area contributed by atoms with Crippen molar-refractivity contribution in [2.75, 3.05) is 38.2 Å². The summed E-state index contributed by atoms with van der Waals surface area (Å²) in [7, 11) is -4.27. The Morgan fingerprint density at radius 2 is 1.94 bits per heavy atom. The summed E-state index contributed by atoms with van der Waals surface area (Å²) in [6.45, 7) is 3.92. The van der Waals surface area contributed by atoms with Crippen LogP contribution < -0.4 is 10.0 Å². The zero-order chi connectivity index (χ0) is 22.7. The molecule has 10 nitrogen and oxygen atoms in total. The molecule has 2 aliphatic heterocycles. The Balaban J connectivity index is 1.44. The fraction of sp³-hybridized carbons (Fsp3) is 0.381. The number of hydrogen-bond donors (Lipinski definition) is 2. The van der Waals surface area contributed by atoms with Crippen LogP contribution in [0.1, 0.15) is 16.8 Å². The van der Waals surface area contributed by atoms with Crippen LogP contribution in [0.2, 0.25) is 0 Å². The van der Waals surface area contributed by atoms with E-state index in [0.717, 1.165) is 38.8 Å². The Kier molecular flexibility index (Phi) is 6.40. The lowest BCUT2D eigenvalue weighted by Crippen LogP contribution is -2.48. The van der Waals surface area contributed by atoms with Gasteiger partial charge in [0.25, 0.3) is 21.6 Å². The number of sulfonamides is 1. The zero-order valence-electron chi connectivity index (χ0n) is 17.3. The van der Waals surface area contributed by atoms with Crippen LogP contribution in [0.5, 0.6) is 0 Å². The van der Waals surface area contributed by atoms with Crippen molar-refractivity contribution in [1.82, 2.24) is 9.62 Å². The molecule has 2 aliphatic rings. The fourth-order valence-electron chi connectivity index (χ4n) is 3.86. The molecule has 0 aliphatic carbocycles. The molecule has 0 bridgehead atoms. The van der Waals surface area contributed by atoms with E-state index in [0.29, 0.717) is 18.5 Å². The van der Waals surface area contributed by atoms with Gasteiger partial charge in [0.15, 0.2) is 0 Å². The first-order chi connectivity index (χ1) is 15.3. The Labute approximate surface area is 185 Å². The first-order valence-corrected chi connectivity index (χ1v) is 11.8. The number of benzene rings is 2. The lowest BCUT2D eigenvalue weighted by Gasteiger charge is -2.34. The number of nitro benzene ring substituents is 1. The van der Waals surface area contributed by atoms with Crippen molar-refractivity contribution in [2.24, 2.45) is 5.92 Å². The number of hydrogen-bond acceptors (Lipinski definition) is 8. The number of amides is 1. The molecule has 0 aromatic heterocycles. The summed E-state index contributed by atoms with van der Waals surface area (Å²) in [5.74, 6) is -0.470. The minimum absolute atomic E-state index is 0.169. The maximum atomic E-state index is 12.6. The van der Waals surface area contributed by atoms with Crippen molar-refractivity contribution < 1.29 is 22.9 Å². The van der Waals surface area contributed by atoms with Crippen LogP contribution in [0.25, 0.3) is 0 Å². The highest BCUT2D eigenvalue weighted by atomic mass is 32.2. The molecule has 2 aromatic carbocycles. The molecule has 170 valence electrons. The molecule has 32 heavy (non-hydrogen) atoms. The van der Waals surface area contributed by atoms with E-state index in [9.17, 15) is 23.3 Å². The maximum Gasteiger partial charge on any atom is 0.293 e. The van der Waals surface area contributed by atoms with E-state index in [2.05, 4.69) is 10.2 Å². The highest BCUT2D eigenvalue weighted by Gasteiger charge is 2.32. The third kappa shape index (κ3) is 4.90. The summed E-state index contributed by atoms with van der Waals surface area (Å²) in [4.78, 5) is 25.2. The summed E-state index contributed by atoms with van der Waals surface area (Å²) >= 11 is 0. The first-order valence-electron chi connectivity index (χ1n) is 10.3. The second-order valence-corrected chi connectivity index (χ2v) is 9.64. The van der Waals surface area contributed by atoms with Gasteiger partial charge in [-0.1, -0.05) is 18.2 Å². The van der Waals surface area contributed by atoms with Gasteiger partial charge in [-0.15, -0.1) is 0 Å². The third-order valence-electron chi connectivity index (χ3n) is 5.77. The zero-order valence-corrected chi connectivity index (χ0v) is 18.1. The molecule has 2 heterocycles. The van der Waals surface area contributed by atoms with Gasteiger partial charge in [0, 0.05) is 24.7 Å². The van der Waals surface area contributed by atoms with Crippen LogP contribution in [-0.4, -0.2) is 63.0 Å². The highest BCUT2D eigenvalue weighted by Crippen LogP contribution is 2.29. The normalized spacial score (nSPS) is 19.3. The molecule has 11 heteroatoms. The molecule has 1 amide bonds. The average Bonchev–Trinajstić information content (AvgIpc) is 3.19. The molecular formula is C21H24N4O6S. The number of carbonyl (C=O) groups is 1. The molecule has 2 aromatic rings. The van der Waals surface area contributed by atoms with Crippen LogP contribution >= 0.6 is 0 Å². The van der Waals surface area contributed by atoms with Gasteiger partial charge in [0.2, 0.25) is 0 Å². The number of nitrogens with zero attached hydrogens (tertiary/aromatic N) is 2. The molecule has 2 N–H and O–H groups in total. The van der Waals surface area contributed by atoms with Crippen molar-refractivity contribution in [3.63, 3.8) is 0 Å². The van der Waals surface area contributed by atoms with Crippen molar-refractivity contribution in [3.05, 3.63) is 64.2 Å². The van der Waals surface area contributed by atoms with E-state index in [1.54, 1.807) is 18.2 Å². The topological polar surface area (TPSA) is 131 Å². The second kappa shape index (κ2) is 9.23. The summed E-state index contributed by atoms with van der Waals surface area (Å²) in [6, 6.07) is 11.9. The van der Waals surface area contributed by atoms with Crippen molar-refractivity contribution in [1.29, 1.82) is 0 Å². The predicted molar refractivity (Wildman–Crippen MR) is 117 cm³/mol. The second-order valence-electron chi connectivity index (χ2n) is 7.96. The van der Waals surface area contributed by atoms with E-state index < -0.39 is 20.9 Å². The molecule has 0 spiro atoms. The van der Waals surface area contributed by atoms with Gasteiger partial charge >= 0.3 is 0 Å². The van der Waals surface area contributed by atoms with Crippen LogP contribution in [0.15, 0.2) is 53.4 Å². The standard InChI is InChI=1S/C21H24N4O6S/c26-21(16-4-2-1-3-5-16)23-32(29,30)18-6-7-19(20(10-18)25(27)28)22-11-15-8-9-24(12-15)17-13-31-14-17/h1-7,10,15,17,22H,8-9,11-14H2,(H,23,26). The molecule has 0 saturated carbocycles. The number of likely N-dealkylation sites (tertiary alicyclic amines) is 1. The summed E-state index contributed by atoms with van der Waals surface area (Å²) < 4.78 is 32.4. The smallest absolute Gasteiger partial charge is 0.293 e.